The average molecular weight is 308 g/mol. The van der Waals surface area contributed by atoms with Crippen LogP contribution in [0.4, 0.5) is 5.69 Å². The Morgan fingerprint density at radius 3 is 2.94 bits per heavy atom. The largest absolute Gasteiger partial charge is 0.459 e. The number of hydrogen-bond acceptors (Lipinski definition) is 4. The number of esters is 1. The lowest BCUT2D eigenvalue weighted by Crippen LogP contribution is -2.25. The van der Waals surface area contributed by atoms with E-state index in [4.69, 9.17) is 11.6 Å². The van der Waals surface area contributed by atoms with E-state index in [2.05, 4.69) is 31.0 Å². The average Bonchev–Trinajstić information content (AvgIpc) is 2.23. The first-order valence-corrected chi connectivity index (χ1v) is 5.50. The van der Waals surface area contributed by atoms with E-state index < -0.39 is 11.9 Å². The molecule has 0 saturated heterocycles. The molecule has 1 aromatic rings. The van der Waals surface area contributed by atoms with Gasteiger partial charge in [0, 0.05) is 6.20 Å². The van der Waals surface area contributed by atoms with E-state index in [9.17, 15) is 9.59 Å². The number of carbonyl (C=O) groups is 2. The van der Waals surface area contributed by atoms with E-state index in [1.807, 2.05) is 0 Å². The van der Waals surface area contributed by atoms with Crippen LogP contribution in [0.25, 0.3) is 0 Å². The molecule has 1 heterocycles. The van der Waals surface area contributed by atoms with Gasteiger partial charge in [0.25, 0.3) is 0 Å². The summed E-state index contributed by atoms with van der Waals surface area (Å²) in [4.78, 5) is 26.2. The first-order chi connectivity index (χ1) is 7.54. The van der Waals surface area contributed by atoms with Crippen molar-refractivity contribution in [1.82, 2.24) is 4.98 Å². The summed E-state index contributed by atoms with van der Waals surface area (Å²) in [7, 11) is 0. The normalized spacial score (nSPS) is 9.69. The van der Waals surface area contributed by atoms with E-state index in [1.165, 1.54) is 12.3 Å². The topological polar surface area (TPSA) is 68.3 Å². The number of nitrogens with one attached hydrogen (secondary N) is 1. The predicted octanol–water partition coefficient (Wildman–Crippen LogP) is 2.00. The van der Waals surface area contributed by atoms with Crippen molar-refractivity contribution in [3.05, 3.63) is 21.9 Å². The van der Waals surface area contributed by atoms with E-state index in [0.717, 1.165) is 0 Å². The van der Waals surface area contributed by atoms with E-state index in [-0.39, 0.29) is 6.61 Å². The molecule has 0 aliphatic rings. The van der Waals surface area contributed by atoms with Crippen LogP contribution < -0.4 is 5.32 Å². The Morgan fingerprint density at radius 2 is 2.31 bits per heavy atom. The molecule has 1 rings (SSSR count). The summed E-state index contributed by atoms with van der Waals surface area (Å²) < 4.78 is 4.91. The molecule has 0 bridgehead atoms. The predicted molar refractivity (Wildman–Crippen MR) is 62.2 cm³/mol. The van der Waals surface area contributed by atoms with E-state index in [1.54, 1.807) is 6.92 Å². The summed E-state index contributed by atoms with van der Waals surface area (Å²) in [5, 5.41) is 2.68. The molecule has 16 heavy (non-hydrogen) atoms. The smallest absolute Gasteiger partial charge is 0.397 e. The minimum Gasteiger partial charge on any atom is -0.459 e. The van der Waals surface area contributed by atoms with Gasteiger partial charge >= 0.3 is 11.9 Å². The molecular formula is C9H8BrClN2O3. The van der Waals surface area contributed by atoms with Gasteiger partial charge in [0.05, 0.1) is 17.3 Å². The fourth-order valence-electron chi connectivity index (χ4n) is 0.880. The number of ether oxygens (including phenoxy) is 1. The molecule has 5 nitrogen and oxygen atoms in total. The Morgan fingerprint density at radius 1 is 1.62 bits per heavy atom. The van der Waals surface area contributed by atoms with Gasteiger partial charge < -0.3 is 10.1 Å². The zero-order chi connectivity index (χ0) is 12.1. The van der Waals surface area contributed by atoms with Gasteiger partial charge in [-0.15, -0.1) is 0 Å². The number of aromatic nitrogens is 1. The highest BCUT2D eigenvalue weighted by Gasteiger charge is 2.16. The lowest BCUT2D eigenvalue weighted by molar-refractivity contribution is -0.152. The first-order valence-electron chi connectivity index (χ1n) is 4.33. The maximum Gasteiger partial charge on any atom is 0.397 e. The zero-order valence-electron chi connectivity index (χ0n) is 8.29. The highest BCUT2D eigenvalue weighted by molar-refractivity contribution is 9.10. The second-order valence-electron chi connectivity index (χ2n) is 2.67. The molecule has 0 atom stereocenters. The van der Waals surface area contributed by atoms with Crippen molar-refractivity contribution in [1.29, 1.82) is 0 Å². The Hall–Kier alpha value is -1.14. The second-order valence-corrected chi connectivity index (χ2v) is 3.85. The summed E-state index contributed by atoms with van der Waals surface area (Å²) in [5.74, 6) is -1.82. The highest BCUT2D eigenvalue weighted by Crippen LogP contribution is 2.22. The molecule has 0 aromatic carbocycles. The van der Waals surface area contributed by atoms with Crippen molar-refractivity contribution in [2.24, 2.45) is 0 Å². The first kappa shape index (κ1) is 12.9. The third-order valence-electron chi connectivity index (χ3n) is 1.51. The number of nitrogens with zero attached hydrogens (tertiary/aromatic N) is 1. The lowest BCUT2D eigenvalue weighted by Gasteiger charge is -2.06. The lowest BCUT2D eigenvalue weighted by atomic mass is 10.4. The maximum absolute atomic E-state index is 11.3. The molecule has 0 saturated carbocycles. The SMILES string of the molecule is CCOC(=O)C(=O)Nc1cc(Cl)cnc1Br. The van der Waals surface area contributed by atoms with Crippen LogP contribution >= 0.6 is 27.5 Å². The summed E-state index contributed by atoms with van der Waals surface area (Å²) in [6.45, 7) is 1.75. The van der Waals surface area contributed by atoms with Crippen LogP contribution in [0.15, 0.2) is 16.9 Å². The van der Waals surface area contributed by atoms with Gasteiger partial charge in [-0.05, 0) is 28.9 Å². The number of anilines is 1. The molecule has 86 valence electrons. The Labute approximate surface area is 105 Å². The minimum absolute atomic E-state index is 0.140. The van der Waals surface area contributed by atoms with E-state index >= 15 is 0 Å². The number of pyridine rings is 1. The van der Waals surface area contributed by atoms with Crippen molar-refractivity contribution in [3.63, 3.8) is 0 Å². The molecule has 0 radical (unpaired) electrons. The summed E-state index contributed by atoms with van der Waals surface area (Å²) in [5.41, 5.74) is 0.311. The van der Waals surface area contributed by atoms with Crippen molar-refractivity contribution < 1.29 is 14.3 Å². The molecule has 1 aromatic heterocycles. The number of hydrogen-bond donors (Lipinski definition) is 1. The Kier molecular flexibility index (Phi) is 4.70. The summed E-state index contributed by atoms with van der Waals surface area (Å²) >= 11 is 8.80. The van der Waals surface area contributed by atoms with E-state index in [0.29, 0.717) is 15.3 Å². The maximum atomic E-state index is 11.3. The quantitative estimate of drug-likeness (QED) is 0.515. The molecule has 0 fully saturated rings. The number of halogens is 2. The van der Waals surface area contributed by atoms with Crippen LogP contribution in [0.1, 0.15) is 6.92 Å². The van der Waals surface area contributed by atoms with Gasteiger partial charge in [0.1, 0.15) is 4.60 Å². The fourth-order valence-corrected chi connectivity index (χ4v) is 1.35. The van der Waals surface area contributed by atoms with Gasteiger partial charge in [-0.2, -0.15) is 0 Å². The molecular weight excluding hydrogens is 299 g/mol. The number of carbonyl (C=O) groups excluding carboxylic acids is 2. The van der Waals surface area contributed by atoms with Gasteiger partial charge in [0.2, 0.25) is 0 Å². The van der Waals surface area contributed by atoms with Gasteiger partial charge in [0.15, 0.2) is 0 Å². The standard InChI is InChI=1S/C9H8BrClN2O3/c1-2-16-9(15)8(14)13-6-3-5(11)4-12-7(6)10/h3-4H,2H2,1H3,(H,13,14). The Balaban J connectivity index is 2.76. The van der Waals surface area contributed by atoms with Crippen LogP contribution in [-0.2, 0) is 14.3 Å². The van der Waals surface area contributed by atoms with Crippen LogP contribution in [-0.4, -0.2) is 23.5 Å². The molecule has 1 amide bonds. The van der Waals surface area contributed by atoms with Gasteiger partial charge in [-0.25, -0.2) is 9.78 Å². The molecule has 0 unspecified atom stereocenters. The Bertz CT molecular complexity index is 425. The minimum atomic E-state index is -0.950. The molecule has 7 heteroatoms. The molecule has 0 aliphatic carbocycles. The summed E-state index contributed by atoms with van der Waals surface area (Å²) in [6, 6.07) is 1.47. The van der Waals surface area contributed by atoms with Crippen molar-refractivity contribution in [2.45, 2.75) is 6.92 Å². The van der Waals surface area contributed by atoms with Gasteiger partial charge in [-0.3, -0.25) is 4.79 Å². The zero-order valence-corrected chi connectivity index (χ0v) is 10.6. The summed E-state index contributed by atoms with van der Waals surface area (Å²) in [6.07, 6.45) is 1.41. The van der Waals surface area contributed by atoms with Gasteiger partial charge in [-0.1, -0.05) is 11.6 Å². The highest BCUT2D eigenvalue weighted by atomic mass is 79.9. The fraction of sp³-hybridized carbons (Fsp3) is 0.222. The monoisotopic (exact) mass is 306 g/mol. The van der Waals surface area contributed by atoms with Crippen LogP contribution in [0, 0.1) is 0 Å². The van der Waals surface area contributed by atoms with Crippen LogP contribution in [0.3, 0.4) is 0 Å². The van der Waals surface area contributed by atoms with Crippen molar-refractivity contribution in [2.75, 3.05) is 11.9 Å². The number of rotatable bonds is 2. The van der Waals surface area contributed by atoms with Crippen LogP contribution in [0.5, 0.6) is 0 Å². The third-order valence-corrected chi connectivity index (χ3v) is 2.35. The number of amides is 1. The molecule has 0 spiro atoms. The van der Waals surface area contributed by atoms with Crippen LogP contribution in [0.2, 0.25) is 5.02 Å². The van der Waals surface area contributed by atoms with Crippen molar-refractivity contribution >= 4 is 45.1 Å². The van der Waals surface area contributed by atoms with Crippen molar-refractivity contribution in [3.8, 4) is 0 Å². The molecule has 0 aliphatic heterocycles. The second kappa shape index (κ2) is 5.81. The molecule has 1 N–H and O–H groups in total. The third kappa shape index (κ3) is 3.46.